The Labute approximate surface area is 103 Å². The Morgan fingerprint density at radius 2 is 1.94 bits per heavy atom. The molecule has 0 radical (unpaired) electrons. The molecule has 6 heteroatoms. The number of aryl methyl sites for hydroxylation is 2. The van der Waals surface area contributed by atoms with Gasteiger partial charge in [0.25, 0.3) is 0 Å². The van der Waals surface area contributed by atoms with Gasteiger partial charge in [0.05, 0.1) is 11.7 Å². The lowest BCUT2D eigenvalue weighted by Crippen LogP contribution is -2.09. The van der Waals surface area contributed by atoms with Crippen molar-refractivity contribution in [1.29, 1.82) is 0 Å². The minimum atomic E-state index is -0.167. The van der Waals surface area contributed by atoms with E-state index in [4.69, 9.17) is 0 Å². The second-order valence-corrected chi connectivity index (χ2v) is 4.06. The maximum Gasteiger partial charge on any atom is 0.233 e. The number of benzene rings is 1. The number of carbonyl (C=O) groups excluding carboxylic acids is 1. The Morgan fingerprint density at radius 1 is 1.17 bits per heavy atom. The second kappa shape index (κ2) is 3.76. The summed E-state index contributed by atoms with van der Waals surface area (Å²) in [6.45, 7) is 0. The van der Waals surface area contributed by atoms with E-state index in [2.05, 4.69) is 15.4 Å². The molecular formula is C12H11N5O. The average molecular weight is 241 g/mol. The van der Waals surface area contributed by atoms with Gasteiger partial charge in [-0.25, -0.2) is 4.68 Å². The number of aromatic nitrogens is 5. The van der Waals surface area contributed by atoms with Gasteiger partial charge in [-0.2, -0.15) is 5.10 Å². The fourth-order valence-electron chi connectivity index (χ4n) is 2.00. The lowest BCUT2D eigenvalue weighted by molar-refractivity contribution is 0.102. The van der Waals surface area contributed by atoms with Gasteiger partial charge in [0.1, 0.15) is 11.4 Å². The van der Waals surface area contributed by atoms with E-state index in [1.165, 1.54) is 10.9 Å². The quantitative estimate of drug-likeness (QED) is 0.626. The normalized spacial score (nSPS) is 11.0. The summed E-state index contributed by atoms with van der Waals surface area (Å²) in [6, 6.07) is 7.63. The van der Waals surface area contributed by atoms with Crippen LogP contribution in [0.3, 0.4) is 0 Å². The SMILES string of the molecule is Cn1nncc1C(=O)c1nn(C)c2ccccc12. The van der Waals surface area contributed by atoms with Crippen LogP contribution in [0, 0.1) is 0 Å². The van der Waals surface area contributed by atoms with Crippen molar-refractivity contribution in [2.45, 2.75) is 0 Å². The van der Waals surface area contributed by atoms with E-state index in [1.807, 2.05) is 31.3 Å². The van der Waals surface area contributed by atoms with Gasteiger partial charge < -0.3 is 0 Å². The summed E-state index contributed by atoms with van der Waals surface area (Å²) in [4.78, 5) is 12.4. The number of ketones is 1. The molecule has 0 saturated carbocycles. The van der Waals surface area contributed by atoms with Crippen molar-refractivity contribution in [3.05, 3.63) is 41.9 Å². The first-order valence-corrected chi connectivity index (χ1v) is 5.49. The minimum Gasteiger partial charge on any atom is -0.285 e. The van der Waals surface area contributed by atoms with Crippen molar-refractivity contribution >= 4 is 16.7 Å². The fraction of sp³-hybridized carbons (Fsp3) is 0.167. The molecule has 0 aliphatic heterocycles. The predicted octanol–water partition coefficient (Wildman–Crippen LogP) is 0.933. The molecule has 0 bridgehead atoms. The number of rotatable bonds is 2. The van der Waals surface area contributed by atoms with Gasteiger partial charge in [-0.05, 0) is 6.07 Å². The standard InChI is InChI=1S/C12H11N5O/c1-16-9-6-4-3-5-8(9)11(14-16)12(18)10-7-13-15-17(10)2/h3-7H,1-2H3. The third kappa shape index (κ3) is 1.42. The molecule has 0 aliphatic rings. The average Bonchev–Trinajstić information content (AvgIpc) is 2.94. The lowest BCUT2D eigenvalue weighted by atomic mass is 10.1. The molecule has 3 aromatic rings. The molecule has 0 N–H and O–H groups in total. The van der Waals surface area contributed by atoms with Gasteiger partial charge in [-0.1, -0.05) is 23.4 Å². The van der Waals surface area contributed by atoms with Crippen LogP contribution in [0.25, 0.3) is 10.9 Å². The Hall–Kier alpha value is -2.50. The van der Waals surface area contributed by atoms with Gasteiger partial charge in [0.2, 0.25) is 5.78 Å². The molecule has 0 amide bonds. The Morgan fingerprint density at radius 3 is 2.67 bits per heavy atom. The minimum absolute atomic E-state index is 0.167. The van der Waals surface area contributed by atoms with Crippen LogP contribution < -0.4 is 0 Å². The largest absolute Gasteiger partial charge is 0.285 e. The van der Waals surface area contributed by atoms with Crippen LogP contribution >= 0.6 is 0 Å². The monoisotopic (exact) mass is 241 g/mol. The van der Waals surface area contributed by atoms with Crippen molar-refractivity contribution < 1.29 is 4.79 Å². The highest BCUT2D eigenvalue weighted by Gasteiger charge is 2.20. The zero-order valence-corrected chi connectivity index (χ0v) is 10.0. The summed E-state index contributed by atoms with van der Waals surface area (Å²) < 4.78 is 3.15. The molecule has 18 heavy (non-hydrogen) atoms. The van der Waals surface area contributed by atoms with Crippen molar-refractivity contribution in [3.63, 3.8) is 0 Å². The Kier molecular flexibility index (Phi) is 2.22. The molecule has 0 spiro atoms. The van der Waals surface area contributed by atoms with E-state index in [0.29, 0.717) is 11.4 Å². The molecule has 90 valence electrons. The summed E-state index contributed by atoms with van der Waals surface area (Å²) in [6.07, 6.45) is 1.45. The van der Waals surface area contributed by atoms with E-state index in [0.717, 1.165) is 10.9 Å². The number of hydrogen-bond acceptors (Lipinski definition) is 4. The van der Waals surface area contributed by atoms with Crippen molar-refractivity contribution in [2.24, 2.45) is 14.1 Å². The molecule has 0 atom stereocenters. The Balaban J connectivity index is 2.21. The molecule has 3 rings (SSSR count). The van der Waals surface area contributed by atoms with Crippen LogP contribution in [0.15, 0.2) is 30.5 Å². The highest BCUT2D eigenvalue weighted by atomic mass is 16.1. The predicted molar refractivity (Wildman–Crippen MR) is 65.1 cm³/mol. The van der Waals surface area contributed by atoms with Crippen LogP contribution in [-0.2, 0) is 14.1 Å². The van der Waals surface area contributed by atoms with Crippen LogP contribution in [-0.4, -0.2) is 30.6 Å². The number of fused-ring (bicyclic) bond motifs is 1. The molecular weight excluding hydrogens is 230 g/mol. The summed E-state index contributed by atoms with van der Waals surface area (Å²) in [5, 5.41) is 12.6. The third-order valence-corrected chi connectivity index (χ3v) is 2.92. The van der Waals surface area contributed by atoms with Crippen LogP contribution in [0.1, 0.15) is 16.2 Å². The summed E-state index contributed by atoms with van der Waals surface area (Å²) in [5.41, 5.74) is 1.79. The maximum atomic E-state index is 12.4. The summed E-state index contributed by atoms with van der Waals surface area (Å²) in [5.74, 6) is -0.167. The number of para-hydroxylation sites is 1. The highest BCUT2D eigenvalue weighted by molar-refractivity contribution is 6.13. The van der Waals surface area contributed by atoms with E-state index in [-0.39, 0.29) is 5.78 Å². The molecule has 2 aromatic heterocycles. The van der Waals surface area contributed by atoms with Gasteiger partial charge in [-0.3, -0.25) is 9.48 Å². The number of nitrogens with zero attached hydrogens (tertiary/aromatic N) is 5. The smallest absolute Gasteiger partial charge is 0.233 e. The van der Waals surface area contributed by atoms with Crippen LogP contribution in [0.2, 0.25) is 0 Å². The van der Waals surface area contributed by atoms with E-state index in [1.54, 1.807) is 11.7 Å². The molecule has 0 fully saturated rings. The first-order chi connectivity index (χ1) is 8.68. The number of hydrogen-bond donors (Lipinski definition) is 0. The van der Waals surface area contributed by atoms with Crippen molar-refractivity contribution in [1.82, 2.24) is 24.8 Å². The first-order valence-electron chi connectivity index (χ1n) is 5.49. The first kappa shape index (κ1) is 10.6. The van der Waals surface area contributed by atoms with Gasteiger partial charge in [0.15, 0.2) is 0 Å². The maximum absolute atomic E-state index is 12.4. The molecule has 0 aliphatic carbocycles. The van der Waals surface area contributed by atoms with Crippen molar-refractivity contribution in [2.75, 3.05) is 0 Å². The fourth-order valence-corrected chi connectivity index (χ4v) is 2.00. The number of carbonyl (C=O) groups is 1. The van der Waals surface area contributed by atoms with E-state index >= 15 is 0 Å². The Bertz CT molecular complexity index is 740. The van der Waals surface area contributed by atoms with Crippen molar-refractivity contribution in [3.8, 4) is 0 Å². The molecule has 6 nitrogen and oxygen atoms in total. The molecule has 1 aromatic carbocycles. The zero-order valence-electron chi connectivity index (χ0n) is 10.0. The van der Waals surface area contributed by atoms with Gasteiger partial charge in [-0.15, -0.1) is 5.10 Å². The van der Waals surface area contributed by atoms with Gasteiger partial charge in [0, 0.05) is 19.5 Å². The zero-order chi connectivity index (χ0) is 12.7. The van der Waals surface area contributed by atoms with Crippen LogP contribution in [0.4, 0.5) is 0 Å². The topological polar surface area (TPSA) is 65.6 Å². The van der Waals surface area contributed by atoms with E-state index in [9.17, 15) is 4.79 Å². The van der Waals surface area contributed by atoms with Crippen LogP contribution in [0.5, 0.6) is 0 Å². The highest BCUT2D eigenvalue weighted by Crippen LogP contribution is 2.19. The van der Waals surface area contributed by atoms with E-state index < -0.39 is 0 Å². The molecule has 2 heterocycles. The summed E-state index contributed by atoms with van der Waals surface area (Å²) in [7, 11) is 3.51. The summed E-state index contributed by atoms with van der Waals surface area (Å²) >= 11 is 0. The lowest BCUT2D eigenvalue weighted by Gasteiger charge is -1.96. The molecule has 0 saturated heterocycles. The van der Waals surface area contributed by atoms with Gasteiger partial charge >= 0.3 is 0 Å². The second-order valence-electron chi connectivity index (χ2n) is 4.06. The molecule has 0 unspecified atom stereocenters. The third-order valence-electron chi connectivity index (χ3n) is 2.92.